The third-order valence-corrected chi connectivity index (χ3v) is 7.35. The van der Waals surface area contributed by atoms with Gasteiger partial charge < -0.3 is 14.5 Å². The SMILES string of the molecule is CCN(CC)S(=O)(=O)c1ccc(N2C[C@@H](C(=O)N3CCOCC3)CC2=O)cc1. The van der Waals surface area contributed by atoms with Crippen molar-refractivity contribution in [1.82, 2.24) is 9.21 Å². The van der Waals surface area contributed by atoms with E-state index in [0.717, 1.165) is 0 Å². The van der Waals surface area contributed by atoms with Gasteiger partial charge in [-0.2, -0.15) is 4.31 Å². The van der Waals surface area contributed by atoms with Gasteiger partial charge in [-0.05, 0) is 24.3 Å². The molecule has 0 bridgehead atoms. The molecule has 8 nitrogen and oxygen atoms in total. The van der Waals surface area contributed by atoms with Crippen LogP contribution in [0.3, 0.4) is 0 Å². The molecule has 2 amide bonds. The molecule has 9 heteroatoms. The van der Waals surface area contributed by atoms with Gasteiger partial charge in [0.1, 0.15) is 0 Å². The highest BCUT2D eigenvalue weighted by molar-refractivity contribution is 7.89. The molecule has 0 spiro atoms. The molecule has 2 aliphatic rings. The fourth-order valence-corrected chi connectivity index (χ4v) is 5.13. The summed E-state index contributed by atoms with van der Waals surface area (Å²) in [7, 11) is -3.54. The first-order valence-corrected chi connectivity index (χ1v) is 11.1. The predicted octanol–water partition coefficient (Wildman–Crippen LogP) is 0.929. The van der Waals surface area contributed by atoms with E-state index in [2.05, 4.69) is 0 Å². The Hall–Kier alpha value is -1.97. The first-order valence-electron chi connectivity index (χ1n) is 9.65. The number of carbonyl (C=O) groups is 2. The molecule has 0 unspecified atom stereocenters. The zero-order chi connectivity index (χ0) is 20.3. The molecule has 2 fully saturated rings. The maximum absolute atomic E-state index is 12.7. The molecular weight excluding hydrogens is 382 g/mol. The highest BCUT2D eigenvalue weighted by atomic mass is 32.2. The maximum atomic E-state index is 12.7. The zero-order valence-electron chi connectivity index (χ0n) is 16.3. The van der Waals surface area contributed by atoms with E-state index < -0.39 is 10.0 Å². The number of amides is 2. The van der Waals surface area contributed by atoms with E-state index in [9.17, 15) is 18.0 Å². The predicted molar refractivity (Wildman–Crippen MR) is 104 cm³/mol. The van der Waals surface area contributed by atoms with Crippen LogP contribution in [0.2, 0.25) is 0 Å². The van der Waals surface area contributed by atoms with Gasteiger partial charge in [-0.25, -0.2) is 8.42 Å². The third kappa shape index (κ3) is 4.06. The number of hydrogen-bond donors (Lipinski definition) is 0. The molecule has 2 aliphatic heterocycles. The van der Waals surface area contributed by atoms with Crippen molar-refractivity contribution in [1.29, 1.82) is 0 Å². The van der Waals surface area contributed by atoms with Crippen molar-refractivity contribution < 1.29 is 22.7 Å². The van der Waals surface area contributed by atoms with Crippen LogP contribution in [0, 0.1) is 5.92 Å². The number of benzene rings is 1. The van der Waals surface area contributed by atoms with Gasteiger partial charge in [0.05, 0.1) is 24.0 Å². The molecule has 2 saturated heterocycles. The first-order chi connectivity index (χ1) is 13.4. The molecule has 154 valence electrons. The van der Waals surface area contributed by atoms with Gasteiger partial charge in [0, 0.05) is 44.8 Å². The van der Waals surface area contributed by atoms with E-state index in [4.69, 9.17) is 4.74 Å². The molecule has 0 saturated carbocycles. The van der Waals surface area contributed by atoms with Crippen molar-refractivity contribution in [2.75, 3.05) is 50.8 Å². The van der Waals surface area contributed by atoms with Crippen molar-refractivity contribution in [3.63, 3.8) is 0 Å². The van der Waals surface area contributed by atoms with Crippen LogP contribution in [-0.4, -0.2) is 75.4 Å². The number of rotatable bonds is 6. The number of ether oxygens (including phenoxy) is 1. The summed E-state index contributed by atoms with van der Waals surface area (Å²) in [6, 6.07) is 6.31. The minimum Gasteiger partial charge on any atom is -0.378 e. The number of carbonyl (C=O) groups excluding carboxylic acids is 2. The lowest BCUT2D eigenvalue weighted by Gasteiger charge is -2.29. The summed E-state index contributed by atoms with van der Waals surface area (Å²) in [6.45, 7) is 6.87. The molecular formula is C19H27N3O5S. The summed E-state index contributed by atoms with van der Waals surface area (Å²) in [5.74, 6) is -0.504. The topological polar surface area (TPSA) is 87.2 Å². The highest BCUT2D eigenvalue weighted by Gasteiger charge is 2.37. The Morgan fingerprint density at radius 3 is 2.32 bits per heavy atom. The van der Waals surface area contributed by atoms with E-state index in [0.29, 0.717) is 51.6 Å². The molecule has 0 aliphatic carbocycles. The number of nitrogens with zero attached hydrogens (tertiary/aromatic N) is 3. The second-order valence-electron chi connectivity index (χ2n) is 6.93. The lowest BCUT2D eigenvalue weighted by atomic mass is 10.1. The van der Waals surface area contributed by atoms with E-state index in [1.54, 1.807) is 35.8 Å². The summed E-state index contributed by atoms with van der Waals surface area (Å²) < 4.78 is 31.8. The van der Waals surface area contributed by atoms with Crippen LogP contribution >= 0.6 is 0 Å². The normalized spacial score (nSPS) is 20.8. The summed E-state index contributed by atoms with van der Waals surface area (Å²) in [6.07, 6.45) is 0.176. The lowest BCUT2D eigenvalue weighted by molar-refractivity contribution is -0.139. The van der Waals surface area contributed by atoms with Crippen molar-refractivity contribution in [2.24, 2.45) is 5.92 Å². The molecule has 0 aromatic heterocycles. The Balaban J connectivity index is 1.72. The Morgan fingerprint density at radius 1 is 1.14 bits per heavy atom. The van der Waals surface area contributed by atoms with Gasteiger partial charge >= 0.3 is 0 Å². The number of morpholine rings is 1. The Kier molecular flexibility index (Phi) is 6.36. The highest BCUT2D eigenvalue weighted by Crippen LogP contribution is 2.28. The molecule has 0 N–H and O–H groups in total. The summed E-state index contributed by atoms with van der Waals surface area (Å²) in [5.41, 5.74) is 0.612. The fourth-order valence-electron chi connectivity index (χ4n) is 3.68. The summed E-state index contributed by atoms with van der Waals surface area (Å²) >= 11 is 0. The number of hydrogen-bond acceptors (Lipinski definition) is 5. The summed E-state index contributed by atoms with van der Waals surface area (Å²) in [5, 5.41) is 0. The molecule has 1 aromatic carbocycles. The first kappa shape index (κ1) is 20.8. The van der Waals surface area contributed by atoms with Crippen LogP contribution in [0.25, 0.3) is 0 Å². The van der Waals surface area contributed by atoms with Gasteiger partial charge in [-0.1, -0.05) is 13.8 Å². The largest absolute Gasteiger partial charge is 0.378 e. The van der Waals surface area contributed by atoms with Crippen LogP contribution in [0.15, 0.2) is 29.2 Å². The van der Waals surface area contributed by atoms with Crippen molar-refractivity contribution in [3.05, 3.63) is 24.3 Å². The van der Waals surface area contributed by atoms with E-state index in [1.807, 2.05) is 0 Å². The van der Waals surface area contributed by atoms with Crippen LogP contribution in [-0.2, 0) is 24.3 Å². The maximum Gasteiger partial charge on any atom is 0.243 e. The van der Waals surface area contributed by atoms with Crippen molar-refractivity contribution in [2.45, 2.75) is 25.2 Å². The van der Waals surface area contributed by atoms with Gasteiger partial charge in [-0.3, -0.25) is 9.59 Å². The summed E-state index contributed by atoms with van der Waals surface area (Å²) in [4.78, 5) is 28.6. The van der Waals surface area contributed by atoms with Gasteiger partial charge in [0.15, 0.2) is 0 Å². The fraction of sp³-hybridized carbons (Fsp3) is 0.579. The molecule has 1 atom stereocenters. The standard InChI is InChI=1S/C19H27N3O5S/c1-3-21(4-2)28(25,26)17-7-5-16(6-8-17)22-14-15(13-18(22)23)19(24)20-9-11-27-12-10-20/h5-8,15H,3-4,9-14H2,1-2H3/t15-/m0/s1. The van der Waals surface area contributed by atoms with E-state index in [1.165, 1.54) is 16.4 Å². The van der Waals surface area contributed by atoms with Crippen molar-refractivity contribution >= 4 is 27.5 Å². The van der Waals surface area contributed by atoms with Crippen LogP contribution in [0.5, 0.6) is 0 Å². The van der Waals surface area contributed by atoms with Gasteiger partial charge in [-0.15, -0.1) is 0 Å². The van der Waals surface area contributed by atoms with E-state index >= 15 is 0 Å². The lowest BCUT2D eigenvalue weighted by Crippen LogP contribution is -2.44. The van der Waals surface area contributed by atoms with E-state index in [-0.39, 0.29) is 29.0 Å². The minimum absolute atomic E-state index is 0.0140. The van der Waals surface area contributed by atoms with Crippen LogP contribution in [0.4, 0.5) is 5.69 Å². The minimum atomic E-state index is -3.54. The zero-order valence-corrected chi connectivity index (χ0v) is 17.2. The molecule has 28 heavy (non-hydrogen) atoms. The Bertz CT molecular complexity index is 814. The average molecular weight is 410 g/mol. The third-order valence-electron chi connectivity index (χ3n) is 5.29. The van der Waals surface area contributed by atoms with Crippen molar-refractivity contribution in [3.8, 4) is 0 Å². The quantitative estimate of drug-likeness (QED) is 0.698. The second kappa shape index (κ2) is 8.59. The van der Waals surface area contributed by atoms with Gasteiger partial charge in [0.2, 0.25) is 21.8 Å². The molecule has 1 aromatic rings. The second-order valence-corrected chi connectivity index (χ2v) is 8.86. The van der Waals surface area contributed by atoms with Gasteiger partial charge in [0.25, 0.3) is 0 Å². The smallest absolute Gasteiger partial charge is 0.243 e. The van der Waals surface area contributed by atoms with Crippen LogP contribution < -0.4 is 4.90 Å². The molecule has 2 heterocycles. The molecule has 3 rings (SSSR count). The Morgan fingerprint density at radius 2 is 1.75 bits per heavy atom. The molecule has 0 radical (unpaired) electrons. The average Bonchev–Trinajstić information content (AvgIpc) is 3.10. The number of anilines is 1. The number of sulfonamides is 1. The van der Waals surface area contributed by atoms with Crippen LogP contribution in [0.1, 0.15) is 20.3 Å². The monoisotopic (exact) mass is 409 g/mol. The Labute approximate surface area is 166 Å².